The van der Waals surface area contributed by atoms with Gasteiger partial charge >= 0.3 is 0 Å². The molecule has 110 valence electrons. The fourth-order valence-electron chi connectivity index (χ4n) is 1.47. The van der Waals surface area contributed by atoms with Crippen LogP contribution in [-0.2, 0) is 4.79 Å². The fourth-order valence-corrected chi connectivity index (χ4v) is 1.47. The van der Waals surface area contributed by atoms with Crippen molar-refractivity contribution >= 4 is 12.2 Å². The summed E-state index contributed by atoms with van der Waals surface area (Å²) in [7, 11) is 0. The van der Waals surface area contributed by atoms with Gasteiger partial charge in [0, 0.05) is 12.1 Å². The van der Waals surface area contributed by atoms with Gasteiger partial charge < -0.3 is 10.1 Å². The second-order valence-corrected chi connectivity index (χ2v) is 4.75. The minimum Gasteiger partial charge on any atom is -0.478 e. The minimum atomic E-state index is -1.01. The van der Waals surface area contributed by atoms with E-state index < -0.39 is 29.9 Å². The molecule has 1 aromatic carbocycles. The molecule has 6 heteroatoms. The highest BCUT2D eigenvalue weighted by Gasteiger charge is 2.14. The standard InChI is InChI=1S/C14H17F2NO3/c1-9(2)3-4-17-13(19)8-20-14-11(15)5-10(7-18)6-12(14)16/h5-7,9H,3-4,8H2,1-2H3,(H,17,19). The molecule has 0 unspecified atom stereocenters. The van der Waals surface area contributed by atoms with Crippen molar-refractivity contribution in [3.8, 4) is 5.75 Å². The van der Waals surface area contributed by atoms with Crippen molar-refractivity contribution in [1.82, 2.24) is 5.32 Å². The molecule has 0 aliphatic heterocycles. The lowest BCUT2D eigenvalue weighted by Crippen LogP contribution is -2.30. The Bertz CT molecular complexity index is 466. The molecule has 4 nitrogen and oxygen atoms in total. The number of carbonyl (C=O) groups excluding carboxylic acids is 2. The number of rotatable bonds is 7. The Balaban J connectivity index is 2.53. The molecule has 0 bridgehead atoms. The van der Waals surface area contributed by atoms with Crippen molar-refractivity contribution < 1.29 is 23.1 Å². The number of hydrogen-bond donors (Lipinski definition) is 1. The Morgan fingerprint density at radius 1 is 1.35 bits per heavy atom. The molecule has 0 saturated carbocycles. The summed E-state index contributed by atoms with van der Waals surface area (Å²) in [5, 5.41) is 2.58. The highest BCUT2D eigenvalue weighted by molar-refractivity contribution is 5.77. The molecular weight excluding hydrogens is 268 g/mol. The lowest BCUT2D eigenvalue weighted by Gasteiger charge is -2.10. The largest absolute Gasteiger partial charge is 0.478 e. The van der Waals surface area contributed by atoms with Crippen molar-refractivity contribution in [3.63, 3.8) is 0 Å². The van der Waals surface area contributed by atoms with Gasteiger partial charge in [-0.25, -0.2) is 8.78 Å². The van der Waals surface area contributed by atoms with E-state index in [-0.39, 0.29) is 5.56 Å². The summed E-state index contributed by atoms with van der Waals surface area (Å²) >= 11 is 0. The van der Waals surface area contributed by atoms with E-state index in [2.05, 4.69) is 5.32 Å². The van der Waals surface area contributed by atoms with Gasteiger partial charge in [0.1, 0.15) is 6.29 Å². The second kappa shape index (κ2) is 7.57. The zero-order valence-electron chi connectivity index (χ0n) is 11.4. The zero-order chi connectivity index (χ0) is 15.1. The van der Waals surface area contributed by atoms with Crippen LogP contribution in [0.4, 0.5) is 8.78 Å². The first-order chi connectivity index (χ1) is 9.43. The molecule has 0 aromatic heterocycles. The smallest absolute Gasteiger partial charge is 0.257 e. The van der Waals surface area contributed by atoms with Gasteiger partial charge in [-0.2, -0.15) is 0 Å². The van der Waals surface area contributed by atoms with Gasteiger partial charge in [0.2, 0.25) is 0 Å². The van der Waals surface area contributed by atoms with Crippen LogP contribution in [0.2, 0.25) is 0 Å². The normalized spacial score (nSPS) is 10.4. The topological polar surface area (TPSA) is 55.4 Å². The van der Waals surface area contributed by atoms with Crippen LogP contribution >= 0.6 is 0 Å². The van der Waals surface area contributed by atoms with Gasteiger partial charge in [-0.3, -0.25) is 9.59 Å². The number of carbonyl (C=O) groups is 2. The summed E-state index contributed by atoms with van der Waals surface area (Å²) in [4.78, 5) is 21.8. The lowest BCUT2D eigenvalue weighted by molar-refractivity contribution is -0.123. The maximum atomic E-state index is 13.5. The number of aldehydes is 1. The van der Waals surface area contributed by atoms with Gasteiger partial charge in [-0.05, 0) is 24.5 Å². The van der Waals surface area contributed by atoms with E-state index in [1.54, 1.807) is 0 Å². The van der Waals surface area contributed by atoms with Crippen molar-refractivity contribution in [2.24, 2.45) is 5.92 Å². The molecule has 0 aliphatic rings. The van der Waals surface area contributed by atoms with Crippen LogP contribution in [0.25, 0.3) is 0 Å². The molecule has 0 aliphatic carbocycles. The first kappa shape index (κ1) is 16.1. The van der Waals surface area contributed by atoms with E-state index in [0.717, 1.165) is 18.6 Å². The molecular formula is C14H17F2NO3. The Labute approximate surface area is 116 Å². The predicted molar refractivity (Wildman–Crippen MR) is 69.7 cm³/mol. The van der Waals surface area contributed by atoms with Crippen molar-refractivity contribution in [1.29, 1.82) is 0 Å². The fraction of sp³-hybridized carbons (Fsp3) is 0.429. The highest BCUT2D eigenvalue weighted by atomic mass is 19.1. The van der Waals surface area contributed by atoms with Gasteiger partial charge in [0.15, 0.2) is 24.0 Å². The molecule has 0 heterocycles. The molecule has 1 rings (SSSR count). The maximum absolute atomic E-state index is 13.5. The number of nitrogens with one attached hydrogen (secondary N) is 1. The summed E-state index contributed by atoms with van der Waals surface area (Å²) in [5.41, 5.74) is -0.131. The van der Waals surface area contributed by atoms with Crippen molar-refractivity contribution in [2.45, 2.75) is 20.3 Å². The molecule has 0 fully saturated rings. The van der Waals surface area contributed by atoms with Gasteiger partial charge in [-0.1, -0.05) is 13.8 Å². The Kier molecular flexibility index (Phi) is 6.09. The van der Waals surface area contributed by atoms with Crippen LogP contribution in [0.3, 0.4) is 0 Å². The molecule has 1 N–H and O–H groups in total. The van der Waals surface area contributed by atoms with Gasteiger partial charge in [0.05, 0.1) is 0 Å². The average molecular weight is 285 g/mol. The van der Waals surface area contributed by atoms with E-state index in [9.17, 15) is 18.4 Å². The van der Waals surface area contributed by atoms with E-state index in [1.807, 2.05) is 13.8 Å². The summed E-state index contributed by atoms with van der Waals surface area (Å²) in [6, 6.07) is 1.70. The highest BCUT2D eigenvalue weighted by Crippen LogP contribution is 2.22. The lowest BCUT2D eigenvalue weighted by atomic mass is 10.1. The predicted octanol–water partition coefficient (Wildman–Crippen LogP) is 2.32. The third kappa shape index (κ3) is 4.95. The van der Waals surface area contributed by atoms with E-state index >= 15 is 0 Å². The third-order valence-electron chi connectivity index (χ3n) is 2.55. The molecule has 1 amide bonds. The molecule has 0 radical (unpaired) electrons. The summed E-state index contributed by atoms with van der Waals surface area (Å²) < 4.78 is 31.7. The third-order valence-corrected chi connectivity index (χ3v) is 2.55. The zero-order valence-corrected chi connectivity index (χ0v) is 11.4. The van der Waals surface area contributed by atoms with Crippen LogP contribution in [0.5, 0.6) is 5.75 Å². The van der Waals surface area contributed by atoms with Crippen LogP contribution in [0.15, 0.2) is 12.1 Å². The minimum absolute atomic E-state index is 0.131. The summed E-state index contributed by atoms with van der Waals surface area (Å²) in [6.07, 6.45) is 1.14. The number of ether oxygens (including phenoxy) is 1. The van der Waals surface area contributed by atoms with E-state index in [0.29, 0.717) is 18.7 Å². The number of amides is 1. The molecule has 0 atom stereocenters. The first-order valence-electron chi connectivity index (χ1n) is 6.27. The Morgan fingerprint density at radius 3 is 2.45 bits per heavy atom. The average Bonchev–Trinajstić information content (AvgIpc) is 2.36. The SMILES string of the molecule is CC(C)CCNC(=O)COc1c(F)cc(C=O)cc1F. The van der Waals surface area contributed by atoms with Gasteiger partial charge in [0.25, 0.3) is 5.91 Å². The molecule has 20 heavy (non-hydrogen) atoms. The Hall–Kier alpha value is -1.98. The molecule has 0 saturated heterocycles. The number of benzene rings is 1. The molecule has 0 spiro atoms. The van der Waals surface area contributed by atoms with Crippen molar-refractivity contribution in [3.05, 3.63) is 29.3 Å². The molecule has 1 aromatic rings. The first-order valence-corrected chi connectivity index (χ1v) is 6.27. The van der Waals surface area contributed by atoms with Crippen molar-refractivity contribution in [2.75, 3.05) is 13.2 Å². The van der Waals surface area contributed by atoms with Crippen LogP contribution in [0, 0.1) is 17.6 Å². The van der Waals surface area contributed by atoms with Crippen LogP contribution < -0.4 is 10.1 Å². The number of halogens is 2. The summed E-state index contributed by atoms with van der Waals surface area (Å²) in [6.45, 7) is 4.03. The second-order valence-electron chi connectivity index (χ2n) is 4.75. The van der Waals surface area contributed by atoms with E-state index in [1.165, 1.54) is 0 Å². The Morgan fingerprint density at radius 2 is 1.95 bits per heavy atom. The summed E-state index contributed by atoms with van der Waals surface area (Å²) in [5.74, 6) is -2.69. The van der Waals surface area contributed by atoms with Crippen LogP contribution in [0.1, 0.15) is 30.6 Å². The quantitative estimate of drug-likeness (QED) is 0.782. The number of hydrogen-bond acceptors (Lipinski definition) is 3. The van der Waals surface area contributed by atoms with Gasteiger partial charge in [-0.15, -0.1) is 0 Å². The van der Waals surface area contributed by atoms with Crippen LogP contribution in [-0.4, -0.2) is 25.3 Å². The maximum Gasteiger partial charge on any atom is 0.257 e. The van der Waals surface area contributed by atoms with E-state index in [4.69, 9.17) is 4.74 Å². The monoisotopic (exact) mass is 285 g/mol.